The maximum Gasteiger partial charge on any atom is 0.0721 e. The lowest BCUT2D eigenvalue weighted by molar-refractivity contribution is 0.149. The zero-order valence-corrected chi connectivity index (χ0v) is 10.3. The summed E-state index contributed by atoms with van der Waals surface area (Å²) in [5.74, 6) is 0. The fourth-order valence-electron chi connectivity index (χ4n) is 1.65. The molecule has 18 heavy (non-hydrogen) atoms. The number of hydrogen-bond acceptors (Lipinski definition) is 2. The first-order valence-electron chi connectivity index (χ1n) is 5.99. The Morgan fingerprint density at radius 3 is 2.22 bits per heavy atom. The average Bonchev–Trinajstić information content (AvgIpc) is 2.45. The Balaban J connectivity index is 1.81. The van der Waals surface area contributed by atoms with Gasteiger partial charge in [-0.2, -0.15) is 0 Å². The number of nitrogens with two attached hydrogens (primary N) is 1. The maximum absolute atomic E-state index is 5.96. The second kappa shape index (κ2) is 6.62. The van der Waals surface area contributed by atoms with E-state index in [0.29, 0.717) is 13.2 Å². The van der Waals surface area contributed by atoms with Crippen LogP contribution in [0.2, 0.25) is 0 Å². The van der Waals surface area contributed by atoms with Crippen molar-refractivity contribution < 1.29 is 4.74 Å². The van der Waals surface area contributed by atoms with Gasteiger partial charge in [-0.05, 0) is 17.2 Å². The molecule has 0 saturated carbocycles. The third kappa shape index (κ3) is 3.75. The Morgan fingerprint density at radius 1 is 0.944 bits per heavy atom. The van der Waals surface area contributed by atoms with Gasteiger partial charge >= 0.3 is 0 Å². The molecule has 2 N–H and O–H groups in total. The highest BCUT2D eigenvalue weighted by Crippen LogP contribution is 2.07. The highest BCUT2D eigenvalue weighted by molar-refractivity contribution is 5.62. The summed E-state index contributed by atoms with van der Waals surface area (Å²) in [5.41, 5.74) is 8.91. The quantitative estimate of drug-likeness (QED) is 0.813. The third-order valence-electron chi connectivity index (χ3n) is 2.64. The minimum atomic E-state index is 0.523. The van der Waals surface area contributed by atoms with Crippen molar-refractivity contribution in [1.29, 1.82) is 0 Å². The van der Waals surface area contributed by atoms with Crippen LogP contribution in [-0.2, 0) is 11.3 Å². The average molecular weight is 239 g/mol. The van der Waals surface area contributed by atoms with Crippen LogP contribution < -0.4 is 5.73 Å². The Bertz CT molecular complexity index is 491. The van der Waals surface area contributed by atoms with E-state index in [1.165, 1.54) is 5.56 Å². The summed E-state index contributed by atoms with van der Waals surface area (Å²) >= 11 is 0. The number of ether oxygens (including phenoxy) is 1. The molecule has 0 amide bonds. The predicted molar refractivity (Wildman–Crippen MR) is 74.7 cm³/mol. The van der Waals surface area contributed by atoms with Crippen molar-refractivity contribution in [2.45, 2.75) is 6.61 Å². The van der Waals surface area contributed by atoms with Crippen LogP contribution in [0.15, 0.2) is 66.7 Å². The van der Waals surface area contributed by atoms with Gasteiger partial charge in [0.25, 0.3) is 0 Å². The van der Waals surface area contributed by atoms with Crippen molar-refractivity contribution in [1.82, 2.24) is 0 Å². The zero-order valence-electron chi connectivity index (χ0n) is 10.3. The van der Waals surface area contributed by atoms with Crippen LogP contribution in [-0.4, -0.2) is 6.61 Å². The molecule has 0 radical (unpaired) electrons. The first-order chi connectivity index (χ1) is 8.86. The molecule has 0 aliphatic rings. The Hall–Kier alpha value is -2.06. The largest absolute Gasteiger partial charge is 0.398 e. The second-order valence-electron chi connectivity index (χ2n) is 4.03. The van der Waals surface area contributed by atoms with E-state index in [2.05, 4.69) is 0 Å². The first kappa shape index (κ1) is 12.4. The molecule has 0 bridgehead atoms. The van der Waals surface area contributed by atoms with E-state index in [4.69, 9.17) is 10.5 Å². The van der Waals surface area contributed by atoms with Gasteiger partial charge in [0.05, 0.1) is 13.2 Å². The van der Waals surface area contributed by atoms with E-state index in [0.717, 1.165) is 11.3 Å². The van der Waals surface area contributed by atoms with Gasteiger partial charge in [0, 0.05) is 5.70 Å². The van der Waals surface area contributed by atoms with E-state index >= 15 is 0 Å². The third-order valence-corrected chi connectivity index (χ3v) is 2.64. The predicted octanol–water partition coefficient (Wildman–Crippen LogP) is 3.20. The second-order valence-corrected chi connectivity index (χ2v) is 4.03. The van der Waals surface area contributed by atoms with Gasteiger partial charge in [-0.3, -0.25) is 0 Å². The molecular weight excluding hydrogens is 222 g/mol. The molecule has 0 spiro atoms. The summed E-state index contributed by atoms with van der Waals surface area (Å²) in [4.78, 5) is 0. The molecule has 2 nitrogen and oxygen atoms in total. The van der Waals surface area contributed by atoms with Crippen LogP contribution in [0.4, 0.5) is 0 Å². The monoisotopic (exact) mass is 239 g/mol. The molecule has 92 valence electrons. The maximum atomic E-state index is 5.96. The molecule has 0 heterocycles. The fraction of sp³-hybridized carbons (Fsp3) is 0.125. The van der Waals surface area contributed by atoms with E-state index in [1.54, 1.807) is 0 Å². The minimum absolute atomic E-state index is 0.523. The van der Waals surface area contributed by atoms with Crippen LogP contribution in [0.3, 0.4) is 0 Å². The summed E-state index contributed by atoms with van der Waals surface area (Å²) < 4.78 is 5.56. The van der Waals surface area contributed by atoms with Gasteiger partial charge in [-0.25, -0.2) is 0 Å². The summed E-state index contributed by atoms with van der Waals surface area (Å²) in [6, 6.07) is 20.0. The summed E-state index contributed by atoms with van der Waals surface area (Å²) in [6.07, 6.45) is 1.90. The molecule has 0 aliphatic heterocycles. The standard InChI is InChI=1S/C16H17NO/c17-16(15-9-5-2-6-10-15)11-12-18-13-14-7-3-1-4-8-14/h1-11H,12-13,17H2. The SMILES string of the molecule is NC(=CCOCc1ccccc1)c1ccccc1. The summed E-state index contributed by atoms with van der Waals surface area (Å²) in [5, 5.41) is 0. The highest BCUT2D eigenvalue weighted by Gasteiger charge is 1.94. The van der Waals surface area contributed by atoms with Crippen LogP contribution in [0.1, 0.15) is 11.1 Å². The molecule has 2 rings (SSSR count). The lowest BCUT2D eigenvalue weighted by Gasteiger charge is -2.03. The number of hydrogen-bond donors (Lipinski definition) is 1. The number of rotatable bonds is 5. The van der Waals surface area contributed by atoms with E-state index in [1.807, 2.05) is 66.7 Å². The van der Waals surface area contributed by atoms with E-state index in [-0.39, 0.29) is 0 Å². The molecule has 0 unspecified atom stereocenters. The molecule has 0 atom stereocenters. The first-order valence-corrected chi connectivity index (χ1v) is 5.99. The van der Waals surface area contributed by atoms with Gasteiger partial charge < -0.3 is 10.5 Å². The summed E-state index contributed by atoms with van der Waals surface area (Å²) in [6.45, 7) is 1.13. The van der Waals surface area contributed by atoms with Gasteiger partial charge in [-0.1, -0.05) is 60.7 Å². The smallest absolute Gasteiger partial charge is 0.0721 e. The number of benzene rings is 2. The van der Waals surface area contributed by atoms with Crippen molar-refractivity contribution in [3.05, 3.63) is 77.9 Å². The normalized spacial score (nSPS) is 11.4. The van der Waals surface area contributed by atoms with Crippen molar-refractivity contribution in [2.24, 2.45) is 5.73 Å². The molecule has 2 aromatic rings. The Morgan fingerprint density at radius 2 is 1.56 bits per heavy atom. The molecule has 0 fully saturated rings. The van der Waals surface area contributed by atoms with E-state index in [9.17, 15) is 0 Å². The fourth-order valence-corrected chi connectivity index (χ4v) is 1.65. The molecule has 2 heteroatoms. The van der Waals surface area contributed by atoms with Gasteiger partial charge in [0.1, 0.15) is 0 Å². The molecule has 0 aliphatic carbocycles. The van der Waals surface area contributed by atoms with Crippen molar-refractivity contribution in [3.8, 4) is 0 Å². The molecule has 2 aromatic carbocycles. The lowest BCUT2D eigenvalue weighted by Crippen LogP contribution is -1.99. The van der Waals surface area contributed by atoms with Crippen LogP contribution in [0.5, 0.6) is 0 Å². The van der Waals surface area contributed by atoms with E-state index < -0.39 is 0 Å². The molecule has 0 saturated heterocycles. The molecular formula is C16H17NO. The molecule has 0 aromatic heterocycles. The van der Waals surface area contributed by atoms with Crippen LogP contribution in [0.25, 0.3) is 5.70 Å². The van der Waals surface area contributed by atoms with Gasteiger partial charge in [-0.15, -0.1) is 0 Å². The Labute approximate surface area is 108 Å². The Kier molecular flexibility index (Phi) is 4.56. The van der Waals surface area contributed by atoms with Gasteiger partial charge in [0.15, 0.2) is 0 Å². The summed E-state index contributed by atoms with van der Waals surface area (Å²) in [7, 11) is 0. The van der Waals surface area contributed by atoms with Gasteiger partial charge in [0.2, 0.25) is 0 Å². The van der Waals surface area contributed by atoms with Crippen molar-refractivity contribution >= 4 is 5.70 Å². The lowest BCUT2D eigenvalue weighted by atomic mass is 10.1. The van der Waals surface area contributed by atoms with Crippen molar-refractivity contribution in [2.75, 3.05) is 6.61 Å². The zero-order chi connectivity index (χ0) is 12.6. The topological polar surface area (TPSA) is 35.2 Å². The van der Waals surface area contributed by atoms with Crippen LogP contribution in [0, 0.1) is 0 Å². The minimum Gasteiger partial charge on any atom is -0.398 e. The van der Waals surface area contributed by atoms with Crippen molar-refractivity contribution in [3.63, 3.8) is 0 Å². The highest BCUT2D eigenvalue weighted by atomic mass is 16.5. The van der Waals surface area contributed by atoms with Crippen LogP contribution >= 0.6 is 0 Å².